The van der Waals surface area contributed by atoms with Gasteiger partial charge in [-0.2, -0.15) is 0 Å². The monoisotopic (exact) mass is 281 g/mol. The van der Waals surface area contributed by atoms with Crippen LogP contribution in [-0.4, -0.2) is 0 Å². The highest BCUT2D eigenvalue weighted by Crippen LogP contribution is 2.31. The van der Waals surface area contributed by atoms with Crippen molar-refractivity contribution in [1.82, 2.24) is 0 Å². The van der Waals surface area contributed by atoms with Crippen LogP contribution in [-0.2, 0) is 0 Å². The molecule has 0 aliphatic rings. The molecule has 3 aromatic rings. The summed E-state index contributed by atoms with van der Waals surface area (Å²) < 4.78 is 19.7. The van der Waals surface area contributed by atoms with Gasteiger partial charge >= 0.3 is 0 Å². The zero-order valence-electron chi connectivity index (χ0n) is 9.19. The molecule has 2 aromatic heterocycles. The Morgan fingerprint density at radius 3 is 2.83 bits per heavy atom. The molecule has 2 N–H and O–H groups in total. The second-order valence-corrected chi connectivity index (χ2v) is 5.51. The van der Waals surface area contributed by atoms with Crippen molar-refractivity contribution in [2.45, 2.75) is 6.04 Å². The molecule has 5 heteroatoms. The smallest absolute Gasteiger partial charge is 0.169 e. The van der Waals surface area contributed by atoms with Crippen molar-refractivity contribution in [3.8, 4) is 0 Å². The Kier molecular flexibility index (Phi) is 2.86. The molecule has 1 atom stereocenters. The number of hydrogen-bond acceptors (Lipinski definition) is 3. The number of benzene rings is 1. The number of rotatable bonds is 2. The van der Waals surface area contributed by atoms with E-state index in [1.54, 1.807) is 24.3 Å². The van der Waals surface area contributed by atoms with E-state index in [4.69, 9.17) is 21.8 Å². The predicted octanol–water partition coefficient (Wildman–Crippen LogP) is 4.33. The number of thiophene rings is 1. The van der Waals surface area contributed by atoms with Crippen molar-refractivity contribution in [3.63, 3.8) is 0 Å². The fraction of sp³-hybridized carbons (Fsp3) is 0.0769. The van der Waals surface area contributed by atoms with E-state index >= 15 is 0 Å². The van der Waals surface area contributed by atoms with Crippen LogP contribution in [0.3, 0.4) is 0 Å². The molecule has 0 fully saturated rings. The van der Waals surface area contributed by atoms with Crippen LogP contribution in [0.4, 0.5) is 4.39 Å². The summed E-state index contributed by atoms with van der Waals surface area (Å²) in [6.45, 7) is 0. The second kappa shape index (κ2) is 4.39. The molecular weight excluding hydrogens is 273 g/mol. The maximum absolute atomic E-state index is 13.5. The van der Waals surface area contributed by atoms with Crippen molar-refractivity contribution in [3.05, 3.63) is 57.2 Å². The first-order valence-electron chi connectivity index (χ1n) is 5.32. The molecule has 0 saturated carbocycles. The summed E-state index contributed by atoms with van der Waals surface area (Å²) in [5.41, 5.74) is 7.18. The molecular formula is C13H9ClFNOS. The van der Waals surface area contributed by atoms with Crippen LogP contribution in [0.2, 0.25) is 4.34 Å². The number of hydrogen-bond donors (Lipinski definition) is 1. The van der Waals surface area contributed by atoms with Crippen LogP contribution in [0.5, 0.6) is 0 Å². The number of fused-ring (bicyclic) bond motifs is 1. The third-order valence-corrected chi connectivity index (χ3v) is 3.88. The van der Waals surface area contributed by atoms with Crippen molar-refractivity contribution in [1.29, 1.82) is 0 Å². The van der Waals surface area contributed by atoms with Gasteiger partial charge in [0.05, 0.1) is 10.4 Å². The lowest BCUT2D eigenvalue weighted by atomic mass is 10.1. The fourth-order valence-electron chi connectivity index (χ4n) is 1.85. The molecule has 0 aliphatic heterocycles. The average molecular weight is 282 g/mol. The van der Waals surface area contributed by atoms with E-state index in [2.05, 4.69) is 0 Å². The Morgan fingerprint density at radius 1 is 1.33 bits per heavy atom. The Balaban J connectivity index is 2.06. The summed E-state index contributed by atoms with van der Waals surface area (Å²) in [7, 11) is 0. The van der Waals surface area contributed by atoms with Gasteiger partial charge in [-0.25, -0.2) is 4.39 Å². The summed E-state index contributed by atoms with van der Waals surface area (Å²) in [6.07, 6.45) is 0. The molecule has 2 nitrogen and oxygen atoms in total. The van der Waals surface area contributed by atoms with E-state index < -0.39 is 6.04 Å². The molecule has 18 heavy (non-hydrogen) atoms. The quantitative estimate of drug-likeness (QED) is 0.759. The Bertz CT molecular complexity index is 706. The molecule has 2 heterocycles. The first-order valence-corrected chi connectivity index (χ1v) is 6.58. The number of nitrogens with two attached hydrogens (primary N) is 1. The SMILES string of the molecule is NC(c1csc(Cl)c1)c1cc2cccc(F)c2o1. The summed E-state index contributed by atoms with van der Waals surface area (Å²) in [4.78, 5) is 0. The molecule has 92 valence electrons. The third-order valence-electron chi connectivity index (χ3n) is 2.77. The molecule has 0 radical (unpaired) electrons. The number of furan rings is 1. The van der Waals surface area contributed by atoms with E-state index in [0.29, 0.717) is 15.5 Å². The topological polar surface area (TPSA) is 39.2 Å². The van der Waals surface area contributed by atoms with E-state index in [-0.39, 0.29) is 11.4 Å². The minimum atomic E-state index is -0.430. The third kappa shape index (κ3) is 1.92. The largest absolute Gasteiger partial charge is 0.456 e. The molecule has 3 rings (SSSR count). The summed E-state index contributed by atoms with van der Waals surface area (Å²) in [6, 6.07) is 7.92. The lowest BCUT2D eigenvalue weighted by Gasteiger charge is -2.05. The van der Waals surface area contributed by atoms with Gasteiger partial charge in [-0.15, -0.1) is 11.3 Å². The van der Waals surface area contributed by atoms with Gasteiger partial charge in [0.25, 0.3) is 0 Å². The first-order chi connectivity index (χ1) is 8.65. The van der Waals surface area contributed by atoms with E-state index in [9.17, 15) is 4.39 Å². The van der Waals surface area contributed by atoms with E-state index in [1.807, 2.05) is 5.38 Å². The standard InChI is InChI=1S/C13H9ClFNOS/c14-11-5-8(6-18-11)12(16)10-4-7-2-1-3-9(15)13(7)17-10/h1-6,12H,16H2. The van der Waals surface area contributed by atoms with Crippen LogP contribution in [0.25, 0.3) is 11.0 Å². The fourth-order valence-corrected chi connectivity index (χ4v) is 2.78. The van der Waals surface area contributed by atoms with Gasteiger partial charge in [0.2, 0.25) is 0 Å². The van der Waals surface area contributed by atoms with Gasteiger partial charge in [-0.3, -0.25) is 0 Å². The average Bonchev–Trinajstić information content (AvgIpc) is 2.95. The van der Waals surface area contributed by atoms with Gasteiger partial charge in [0.15, 0.2) is 11.4 Å². The molecule has 0 aliphatic carbocycles. The zero-order valence-corrected chi connectivity index (χ0v) is 10.8. The molecule has 0 amide bonds. The van der Waals surface area contributed by atoms with Crippen LogP contribution >= 0.6 is 22.9 Å². The minimum Gasteiger partial charge on any atom is -0.456 e. The Labute approximate surface area is 112 Å². The maximum atomic E-state index is 13.5. The summed E-state index contributed by atoms with van der Waals surface area (Å²) >= 11 is 7.28. The maximum Gasteiger partial charge on any atom is 0.169 e. The normalized spacial score (nSPS) is 13.1. The highest BCUT2D eigenvalue weighted by molar-refractivity contribution is 7.14. The lowest BCUT2D eigenvalue weighted by molar-refractivity contribution is 0.502. The second-order valence-electron chi connectivity index (χ2n) is 3.97. The Morgan fingerprint density at radius 2 is 2.17 bits per heavy atom. The summed E-state index contributed by atoms with van der Waals surface area (Å²) in [5, 5.41) is 2.58. The van der Waals surface area contributed by atoms with E-state index in [0.717, 1.165) is 5.56 Å². The van der Waals surface area contributed by atoms with Crippen LogP contribution in [0.1, 0.15) is 17.4 Å². The molecule has 0 spiro atoms. The number of halogens is 2. The van der Waals surface area contributed by atoms with Crippen LogP contribution in [0.15, 0.2) is 40.1 Å². The van der Waals surface area contributed by atoms with Crippen LogP contribution in [0, 0.1) is 5.82 Å². The Hall–Kier alpha value is -1.36. The molecule has 1 unspecified atom stereocenters. The zero-order chi connectivity index (χ0) is 12.7. The van der Waals surface area contributed by atoms with Crippen molar-refractivity contribution in [2.75, 3.05) is 0 Å². The van der Waals surface area contributed by atoms with Gasteiger partial charge in [-0.1, -0.05) is 23.7 Å². The highest BCUT2D eigenvalue weighted by atomic mass is 35.5. The number of para-hydroxylation sites is 1. The summed E-state index contributed by atoms with van der Waals surface area (Å²) in [5.74, 6) is 0.152. The predicted molar refractivity (Wildman–Crippen MR) is 71.5 cm³/mol. The van der Waals surface area contributed by atoms with Crippen LogP contribution < -0.4 is 5.73 Å². The molecule has 1 aromatic carbocycles. The van der Waals surface area contributed by atoms with Crippen molar-refractivity contribution >= 4 is 33.9 Å². The minimum absolute atomic E-state index is 0.240. The van der Waals surface area contributed by atoms with Crippen molar-refractivity contribution < 1.29 is 8.81 Å². The van der Waals surface area contributed by atoms with Gasteiger partial charge in [0, 0.05) is 5.39 Å². The first kappa shape index (κ1) is 11.7. The highest BCUT2D eigenvalue weighted by Gasteiger charge is 2.16. The lowest BCUT2D eigenvalue weighted by Crippen LogP contribution is -2.09. The van der Waals surface area contributed by atoms with Gasteiger partial charge in [-0.05, 0) is 29.1 Å². The van der Waals surface area contributed by atoms with Gasteiger partial charge < -0.3 is 10.2 Å². The molecule has 0 bridgehead atoms. The van der Waals surface area contributed by atoms with Crippen molar-refractivity contribution in [2.24, 2.45) is 5.73 Å². The van der Waals surface area contributed by atoms with E-state index in [1.165, 1.54) is 17.4 Å². The molecule has 0 saturated heterocycles. The van der Waals surface area contributed by atoms with Gasteiger partial charge in [0.1, 0.15) is 5.76 Å².